The molecule has 0 saturated carbocycles. The Morgan fingerprint density at radius 1 is 1.19 bits per heavy atom. The third kappa shape index (κ3) is 6.68. The number of esters is 1. The van der Waals surface area contributed by atoms with E-state index in [0.717, 1.165) is 5.56 Å². The SMILES string of the molecule is COCCOC(=O)/C(C#N)=N\Nc1ccc(OC)c(S(=O)(=O)Nc2cc(C)ccc2Br)c1. The van der Waals surface area contributed by atoms with Gasteiger partial charge in [-0.05, 0) is 58.7 Å². The lowest BCUT2D eigenvalue weighted by Crippen LogP contribution is -2.19. The average Bonchev–Trinajstić information content (AvgIpc) is 2.76. The van der Waals surface area contributed by atoms with Gasteiger partial charge in [-0.1, -0.05) is 6.07 Å². The molecule has 2 aromatic carbocycles. The number of nitriles is 1. The number of nitrogens with zero attached hydrogens (tertiary/aromatic N) is 2. The van der Waals surface area contributed by atoms with Crippen LogP contribution in [0.1, 0.15) is 5.56 Å². The van der Waals surface area contributed by atoms with Crippen LogP contribution in [-0.2, 0) is 24.3 Å². The summed E-state index contributed by atoms with van der Waals surface area (Å²) in [7, 11) is -1.28. The quantitative estimate of drug-likeness (QED) is 0.209. The number of anilines is 2. The highest BCUT2D eigenvalue weighted by Crippen LogP contribution is 2.31. The Bertz CT molecular complexity index is 1160. The van der Waals surface area contributed by atoms with E-state index in [1.807, 2.05) is 13.0 Å². The van der Waals surface area contributed by atoms with Crippen LogP contribution in [-0.4, -0.2) is 47.5 Å². The van der Waals surface area contributed by atoms with Crippen molar-refractivity contribution in [2.45, 2.75) is 11.8 Å². The van der Waals surface area contributed by atoms with E-state index in [1.165, 1.54) is 32.4 Å². The Morgan fingerprint density at radius 2 is 1.94 bits per heavy atom. The molecule has 0 heterocycles. The minimum absolute atomic E-state index is 0.0405. The van der Waals surface area contributed by atoms with Crippen molar-refractivity contribution in [3.8, 4) is 11.8 Å². The number of sulfonamides is 1. The molecule has 0 spiro atoms. The minimum Gasteiger partial charge on any atom is -0.495 e. The summed E-state index contributed by atoms with van der Waals surface area (Å²) in [5.74, 6) is -0.848. The van der Waals surface area contributed by atoms with Crippen LogP contribution >= 0.6 is 15.9 Å². The summed E-state index contributed by atoms with van der Waals surface area (Å²) >= 11 is 3.32. The zero-order valence-electron chi connectivity index (χ0n) is 17.5. The molecule has 2 aromatic rings. The Morgan fingerprint density at radius 3 is 2.59 bits per heavy atom. The number of hydrogen-bond donors (Lipinski definition) is 2. The van der Waals surface area contributed by atoms with E-state index in [4.69, 9.17) is 19.5 Å². The monoisotopic (exact) mass is 524 g/mol. The molecule has 170 valence electrons. The molecule has 0 radical (unpaired) electrons. The second-order valence-electron chi connectivity index (χ2n) is 6.27. The molecular formula is C20H21BrN4O6S. The predicted molar refractivity (Wildman–Crippen MR) is 122 cm³/mol. The van der Waals surface area contributed by atoms with Crippen LogP contribution in [0.25, 0.3) is 0 Å². The summed E-state index contributed by atoms with van der Waals surface area (Å²) in [6.45, 7) is 1.96. The first-order chi connectivity index (χ1) is 15.2. The van der Waals surface area contributed by atoms with E-state index in [1.54, 1.807) is 18.2 Å². The van der Waals surface area contributed by atoms with Gasteiger partial charge in [0.15, 0.2) is 0 Å². The number of carbonyl (C=O) groups is 1. The number of halogens is 1. The Hall–Kier alpha value is -3.14. The van der Waals surface area contributed by atoms with Gasteiger partial charge in [-0.2, -0.15) is 10.4 Å². The topological polar surface area (TPSA) is 139 Å². The zero-order chi connectivity index (χ0) is 23.7. The van der Waals surface area contributed by atoms with Gasteiger partial charge in [-0.15, -0.1) is 0 Å². The van der Waals surface area contributed by atoms with Crippen molar-refractivity contribution in [3.05, 3.63) is 46.4 Å². The number of nitrogens with one attached hydrogen (secondary N) is 2. The predicted octanol–water partition coefficient (Wildman–Crippen LogP) is 3.05. The molecule has 0 atom stereocenters. The number of rotatable bonds is 10. The minimum atomic E-state index is -4.06. The molecule has 0 aromatic heterocycles. The summed E-state index contributed by atoms with van der Waals surface area (Å²) in [6, 6.07) is 11.0. The van der Waals surface area contributed by atoms with Gasteiger partial charge >= 0.3 is 5.97 Å². The first-order valence-corrected chi connectivity index (χ1v) is 11.4. The van der Waals surface area contributed by atoms with E-state index in [2.05, 4.69) is 31.2 Å². The molecule has 0 saturated heterocycles. The van der Waals surface area contributed by atoms with Crippen LogP contribution in [0.2, 0.25) is 0 Å². The van der Waals surface area contributed by atoms with E-state index < -0.39 is 21.7 Å². The molecule has 12 heteroatoms. The second kappa shape index (κ2) is 11.5. The first-order valence-electron chi connectivity index (χ1n) is 9.08. The number of aryl methyl sites for hydroxylation is 1. The molecular weight excluding hydrogens is 504 g/mol. The van der Waals surface area contributed by atoms with Crippen LogP contribution in [0.3, 0.4) is 0 Å². The van der Waals surface area contributed by atoms with Gasteiger partial charge in [0.05, 0.1) is 25.1 Å². The third-order valence-corrected chi connectivity index (χ3v) is 6.01. The van der Waals surface area contributed by atoms with Gasteiger partial charge in [0.2, 0.25) is 5.71 Å². The summed E-state index contributed by atoms with van der Waals surface area (Å²) in [4.78, 5) is 11.7. The molecule has 2 N–H and O–H groups in total. The highest BCUT2D eigenvalue weighted by Gasteiger charge is 2.22. The molecule has 2 rings (SSSR count). The fourth-order valence-corrected chi connectivity index (χ4v) is 4.14. The van der Waals surface area contributed by atoms with Crippen molar-refractivity contribution >= 4 is 49.0 Å². The van der Waals surface area contributed by atoms with Gasteiger partial charge in [0.1, 0.15) is 23.3 Å². The van der Waals surface area contributed by atoms with Gasteiger partial charge in [0.25, 0.3) is 10.0 Å². The lowest BCUT2D eigenvalue weighted by Gasteiger charge is -2.14. The van der Waals surface area contributed by atoms with E-state index in [9.17, 15) is 13.2 Å². The lowest BCUT2D eigenvalue weighted by molar-refractivity contribution is -0.136. The molecule has 0 amide bonds. The molecule has 0 fully saturated rings. The third-order valence-electron chi connectivity index (χ3n) is 3.94. The van der Waals surface area contributed by atoms with Crippen molar-refractivity contribution in [2.75, 3.05) is 37.6 Å². The Kier molecular flexibility index (Phi) is 9.01. The first kappa shape index (κ1) is 25.1. The second-order valence-corrected chi connectivity index (χ2v) is 8.77. The number of ether oxygens (including phenoxy) is 3. The highest BCUT2D eigenvalue weighted by atomic mass is 79.9. The van der Waals surface area contributed by atoms with Gasteiger partial charge < -0.3 is 14.2 Å². The summed E-state index contributed by atoms with van der Waals surface area (Å²) < 4.78 is 43.9. The maximum Gasteiger partial charge on any atom is 0.369 e. The highest BCUT2D eigenvalue weighted by molar-refractivity contribution is 9.10. The van der Waals surface area contributed by atoms with Gasteiger partial charge in [-0.3, -0.25) is 10.1 Å². The zero-order valence-corrected chi connectivity index (χ0v) is 19.9. The number of benzene rings is 2. The number of carbonyl (C=O) groups excluding carboxylic acids is 1. The average molecular weight is 525 g/mol. The molecule has 0 unspecified atom stereocenters. The maximum atomic E-state index is 13.0. The number of hydrogen-bond acceptors (Lipinski definition) is 9. The van der Waals surface area contributed by atoms with Gasteiger partial charge in [-0.25, -0.2) is 13.2 Å². The van der Waals surface area contributed by atoms with Crippen molar-refractivity contribution in [1.29, 1.82) is 5.26 Å². The van der Waals surface area contributed by atoms with Crippen LogP contribution in [0.15, 0.2) is 50.9 Å². The van der Waals surface area contributed by atoms with Crippen molar-refractivity contribution < 1.29 is 27.4 Å². The Labute approximate surface area is 194 Å². The molecule has 10 nitrogen and oxygen atoms in total. The van der Waals surface area contributed by atoms with E-state index >= 15 is 0 Å². The number of methoxy groups -OCH3 is 2. The fraction of sp³-hybridized carbons (Fsp3) is 0.250. The summed E-state index contributed by atoms with van der Waals surface area (Å²) in [5.41, 5.74) is 3.37. The van der Waals surface area contributed by atoms with Crippen LogP contribution in [0, 0.1) is 18.3 Å². The van der Waals surface area contributed by atoms with E-state index in [-0.39, 0.29) is 29.5 Å². The van der Waals surface area contributed by atoms with Gasteiger partial charge in [0, 0.05) is 11.6 Å². The molecule has 0 aliphatic rings. The normalized spacial score (nSPS) is 11.4. The molecule has 0 aliphatic heterocycles. The Balaban J connectivity index is 2.31. The maximum absolute atomic E-state index is 13.0. The largest absolute Gasteiger partial charge is 0.495 e. The fourth-order valence-electron chi connectivity index (χ4n) is 2.40. The van der Waals surface area contributed by atoms with Crippen molar-refractivity contribution in [2.24, 2.45) is 5.10 Å². The van der Waals surface area contributed by atoms with Crippen LogP contribution in [0.4, 0.5) is 11.4 Å². The lowest BCUT2D eigenvalue weighted by atomic mass is 10.2. The number of hydrazone groups is 1. The van der Waals surface area contributed by atoms with Crippen molar-refractivity contribution in [3.63, 3.8) is 0 Å². The molecule has 0 bridgehead atoms. The van der Waals surface area contributed by atoms with E-state index in [0.29, 0.717) is 10.2 Å². The molecule has 32 heavy (non-hydrogen) atoms. The smallest absolute Gasteiger partial charge is 0.369 e. The standard InChI is InChI=1S/C20H21BrN4O6S/c1-13-4-6-15(21)16(10-13)25-32(27,28)19-11-14(5-7-18(19)30-3)23-24-17(12-22)20(26)31-9-8-29-2/h4-7,10-11,23,25H,8-9H2,1-3H3/b24-17-. The molecule has 0 aliphatic carbocycles. The summed E-state index contributed by atoms with van der Waals surface area (Å²) in [5, 5.41) is 12.8. The van der Waals surface area contributed by atoms with Crippen LogP contribution < -0.4 is 14.9 Å². The van der Waals surface area contributed by atoms with Crippen molar-refractivity contribution in [1.82, 2.24) is 0 Å². The summed E-state index contributed by atoms with van der Waals surface area (Å²) in [6.07, 6.45) is 0. The van der Waals surface area contributed by atoms with Crippen LogP contribution in [0.5, 0.6) is 5.75 Å².